The zero-order valence-corrected chi connectivity index (χ0v) is 51.0. The summed E-state index contributed by atoms with van der Waals surface area (Å²) in [4.78, 5) is 38.0. The molecule has 0 rings (SSSR count). The van der Waals surface area contributed by atoms with E-state index in [-0.39, 0.29) is 31.1 Å². The summed E-state index contributed by atoms with van der Waals surface area (Å²) in [5, 5.41) is 0. The van der Waals surface area contributed by atoms with Gasteiger partial charge in [-0.3, -0.25) is 14.4 Å². The van der Waals surface area contributed by atoms with Crippen molar-refractivity contribution < 1.29 is 28.6 Å². The van der Waals surface area contributed by atoms with Crippen LogP contribution >= 0.6 is 0 Å². The molecule has 0 saturated heterocycles. The SMILES string of the molecule is CCCCCC/C=C\C/C=C\CCCCCCCC(=O)OC(COC(=O)CCCCCCCCC)COC(=O)CCCCCCCCCCCCCCCCCCCCCCCCC/C=C\C/C=C\CCCCCCC. The first-order valence-electron chi connectivity index (χ1n) is 33.6. The Morgan fingerprint density at radius 3 is 0.737 bits per heavy atom. The van der Waals surface area contributed by atoms with Gasteiger partial charge in [0.1, 0.15) is 13.2 Å². The molecule has 6 heteroatoms. The maximum atomic E-state index is 12.8. The summed E-state index contributed by atoms with van der Waals surface area (Å²) >= 11 is 0. The predicted molar refractivity (Wildman–Crippen MR) is 330 cm³/mol. The Morgan fingerprint density at radius 1 is 0.263 bits per heavy atom. The summed E-state index contributed by atoms with van der Waals surface area (Å²) in [6.45, 7) is 6.60. The normalized spacial score (nSPS) is 12.3. The van der Waals surface area contributed by atoms with Crippen molar-refractivity contribution in [3.63, 3.8) is 0 Å². The Labute approximate surface area is 473 Å². The summed E-state index contributed by atoms with van der Waals surface area (Å²) < 4.78 is 16.8. The van der Waals surface area contributed by atoms with Gasteiger partial charge in [-0.05, 0) is 83.5 Å². The quantitative estimate of drug-likeness (QED) is 0.0261. The minimum absolute atomic E-state index is 0.0743. The highest BCUT2D eigenvalue weighted by atomic mass is 16.6. The van der Waals surface area contributed by atoms with Crippen LogP contribution in [0.4, 0.5) is 0 Å². The topological polar surface area (TPSA) is 78.9 Å². The summed E-state index contributed by atoms with van der Waals surface area (Å²) in [5.41, 5.74) is 0. The van der Waals surface area contributed by atoms with E-state index in [0.29, 0.717) is 19.3 Å². The van der Waals surface area contributed by atoms with Gasteiger partial charge in [0.2, 0.25) is 0 Å². The van der Waals surface area contributed by atoms with E-state index in [1.54, 1.807) is 0 Å². The molecule has 1 atom stereocenters. The van der Waals surface area contributed by atoms with Crippen LogP contribution in [-0.4, -0.2) is 37.2 Å². The molecule has 0 aliphatic rings. The number of esters is 3. The van der Waals surface area contributed by atoms with Crippen molar-refractivity contribution >= 4 is 17.9 Å². The molecule has 0 aromatic heterocycles. The lowest BCUT2D eigenvalue weighted by Crippen LogP contribution is -2.30. The van der Waals surface area contributed by atoms with Gasteiger partial charge in [-0.25, -0.2) is 0 Å². The minimum Gasteiger partial charge on any atom is -0.462 e. The highest BCUT2D eigenvalue weighted by molar-refractivity contribution is 5.71. The molecule has 0 spiro atoms. The van der Waals surface area contributed by atoms with E-state index >= 15 is 0 Å². The number of hydrogen-bond donors (Lipinski definition) is 0. The fourth-order valence-corrected chi connectivity index (χ4v) is 9.98. The van der Waals surface area contributed by atoms with E-state index in [1.165, 1.54) is 231 Å². The molecule has 0 fully saturated rings. The Hall–Kier alpha value is -2.63. The zero-order chi connectivity index (χ0) is 55.0. The van der Waals surface area contributed by atoms with Gasteiger partial charge in [0, 0.05) is 19.3 Å². The number of carbonyl (C=O) groups excluding carboxylic acids is 3. The molecule has 0 radical (unpaired) electrons. The van der Waals surface area contributed by atoms with Gasteiger partial charge < -0.3 is 14.2 Å². The van der Waals surface area contributed by atoms with Gasteiger partial charge in [0.15, 0.2) is 6.10 Å². The average Bonchev–Trinajstić information content (AvgIpc) is 3.42. The lowest BCUT2D eigenvalue weighted by Gasteiger charge is -2.18. The molecule has 0 aromatic rings. The second-order valence-electron chi connectivity index (χ2n) is 22.7. The van der Waals surface area contributed by atoms with Crippen molar-refractivity contribution in [1.29, 1.82) is 0 Å². The number of rotatable bonds is 62. The monoisotopic (exact) mass is 1060 g/mol. The summed E-state index contributed by atoms with van der Waals surface area (Å²) in [6, 6.07) is 0. The van der Waals surface area contributed by atoms with Crippen molar-refractivity contribution in [2.24, 2.45) is 0 Å². The molecular weight excluding hydrogens is 937 g/mol. The fourth-order valence-electron chi connectivity index (χ4n) is 9.98. The first kappa shape index (κ1) is 73.4. The lowest BCUT2D eigenvalue weighted by atomic mass is 10.0. The third-order valence-corrected chi connectivity index (χ3v) is 15.1. The van der Waals surface area contributed by atoms with Gasteiger partial charge in [0.05, 0.1) is 0 Å². The number of carbonyl (C=O) groups is 3. The summed E-state index contributed by atoms with van der Waals surface area (Å²) in [5.74, 6) is -0.877. The zero-order valence-electron chi connectivity index (χ0n) is 51.0. The third kappa shape index (κ3) is 62.2. The second kappa shape index (κ2) is 64.9. The van der Waals surface area contributed by atoms with Crippen molar-refractivity contribution in [3.8, 4) is 0 Å². The number of ether oxygens (including phenoxy) is 3. The Balaban J connectivity index is 3.94. The fraction of sp³-hybridized carbons (Fsp3) is 0.843. The van der Waals surface area contributed by atoms with E-state index in [4.69, 9.17) is 14.2 Å². The standard InChI is InChI=1S/C70H128O6/c1-4-7-10-13-16-18-20-22-24-26-27-28-29-30-31-32-33-34-35-36-37-38-39-40-41-42-43-44-46-47-49-51-54-57-60-63-69(72)75-66-67(65-74-68(71)62-59-56-53-15-12-9-6-3)76-70(73)64-61-58-55-52-50-48-45-25-23-21-19-17-14-11-8-5-2/h19-22,25-27,45,67H,4-18,23-24,28-44,46-66H2,1-3H3/b21-19-,22-20-,27-26-,45-25-. The smallest absolute Gasteiger partial charge is 0.306 e. The van der Waals surface area contributed by atoms with Gasteiger partial charge in [-0.15, -0.1) is 0 Å². The summed E-state index contributed by atoms with van der Waals surface area (Å²) in [7, 11) is 0. The Morgan fingerprint density at radius 2 is 0.474 bits per heavy atom. The maximum Gasteiger partial charge on any atom is 0.306 e. The number of hydrogen-bond acceptors (Lipinski definition) is 6. The van der Waals surface area contributed by atoms with Crippen molar-refractivity contribution in [2.45, 2.75) is 367 Å². The van der Waals surface area contributed by atoms with Gasteiger partial charge in [0.25, 0.3) is 0 Å². The van der Waals surface area contributed by atoms with E-state index < -0.39 is 6.10 Å². The maximum absolute atomic E-state index is 12.8. The average molecular weight is 1070 g/mol. The molecule has 0 saturated carbocycles. The van der Waals surface area contributed by atoms with Crippen LogP contribution in [0.2, 0.25) is 0 Å². The van der Waals surface area contributed by atoms with Crippen molar-refractivity contribution in [2.75, 3.05) is 13.2 Å². The van der Waals surface area contributed by atoms with Crippen LogP contribution in [0.5, 0.6) is 0 Å². The molecule has 444 valence electrons. The van der Waals surface area contributed by atoms with Crippen LogP contribution in [-0.2, 0) is 28.6 Å². The highest BCUT2D eigenvalue weighted by Gasteiger charge is 2.19. The molecule has 0 bridgehead atoms. The molecule has 0 amide bonds. The summed E-state index contributed by atoms with van der Waals surface area (Å²) in [6.07, 6.45) is 81.8. The molecule has 76 heavy (non-hydrogen) atoms. The van der Waals surface area contributed by atoms with Crippen molar-refractivity contribution in [1.82, 2.24) is 0 Å². The van der Waals surface area contributed by atoms with Crippen molar-refractivity contribution in [3.05, 3.63) is 48.6 Å². The number of unbranched alkanes of at least 4 members (excludes halogenated alkanes) is 43. The molecular formula is C70H128O6. The first-order valence-corrected chi connectivity index (χ1v) is 33.6. The molecule has 6 nitrogen and oxygen atoms in total. The lowest BCUT2D eigenvalue weighted by molar-refractivity contribution is -0.167. The van der Waals surface area contributed by atoms with Gasteiger partial charge in [-0.2, -0.15) is 0 Å². The van der Waals surface area contributed by atoms with Crippen LogP contribution in [0.3, 0.4) is 0 Å². The van der Waals surface area contributed by atoms with Crippen LogP contribution < -0.4 is 0 Å². The largest absolute Gasteiger partial charge is 0.462 e. The van der Waals surface area contributed by atoms with E-state index in [2.05, 4.69) is 69.4 Å². The second-order valence-corrected chi connectivity index (χ2v) is 22.7. The third-order valence-electron chi connectivity index (χ3n) is 15.1. The van der Waals surface area contributed by atoms with Gasteiger partial charge >= 0.3 is 17.9 Å². The van der Waals surface area contributed by atoms with Gasteiger partial charge in [-0.1, -0.05) is 307 Å². The molecule has 0 aliphatic heterocycles. The Bertz CT molecular complexity index is 1310. The molecule has 1 unspecified atom stereocenters. The molecule has 0 N–H and O–H groups in total. The predicted octanol–water partition coefficient (Wildman–Crippen LogP) is 22.9. The molecule has 0 aliphatic carbocycles. The van der Waals surface area contributed by atoms with E-state index in [0.717, 1.165) is 89.9 Å². The Kier molecular flexibility index (Phi) is 62.6. The van der Waals surface area contributed by atoms with E-state index in [1.807, 2.05) is 0 Å². The van der Waals surface area contributed by atoms with Crippen LogP contribution in [0.15, 0.2) is 48.6 Å². The van der Waals surface area contributed by atoms with Crippen LogP contribution in [0.25, 0.3) is 0 Å². The highest BCUT2D eigenvalue weighted by Crippen LogP contribution is 2.18. The molecule has 0 heterocycles. The number of allylic oxidation sites excluding steroid dienone is 8. The van der Waals surface area contributed by atoms with E-state index in [9.17, 15) is 14.4 Å². The van der Waals surface area contributed by atoms with Crippen LogP contribution in [0.1, 0.15) is 361 Å². The van der Waals surface area contributed by atoms with Crippen LogP contribution in [0, 0.1) is 0 Å². The first-order chi connectivity index (χ1) is 37.5. The minimum atomic E-state index is -0.775. The molecule has 0 aromatic carbocycles.